The summed E-state index contributed by atoms with van der Waals surface area (Å²) in [5.41, 5.74) is 0.0383. The molecule has 2 fully saturated rings. The van der Waals surface area contributed by atoms with Crippen LogP contribution in [0.4, 0.5) is 4.39 Å². The summed E-state index contributed by atoms with van der Waals surface area (Å²) in [4.78, 5) is 25.8. The molecule has 100 valence electrons. The number of benzene rings is 1. The summed E-state index contributed by atoms with van der Waals surface area (Å²) in [6.45, 7) is 1.82. The Hall–Kier alpha value is -1.75. The minimum Gasteiger partial charge on any atom is -0.295 e. The highest BCUT2D eigenvalue weighted by Gasteiger charge is 2.58. The minimum atomic E-state index is -0.699. The number of hydrogen-bond acceptors (Lipinski definition) is 3. The molecule has 2 saturated heterocycles. The molecule has 5 heteroatoms. The topological polar surface area (TPSA) is 49.4 Å². The second-order valence-electron chi connectivity index (χ2n) is 5.51. The van der Waals surface area contributed by atoms with Gasteiger partial charge in [-0.25, -0.2) is 4.39 Å². The zero-order valence-electron chi connectivity index (χ0n) is 10.8. The van der Waals surface area contributed by atoms with E-state index in [4.69, 9.17) is 0 Å². The van der Waals surface area contributed by atoms with Crippen LogP contribution in [0.1, 0.15) is 24.9 Å². The quantitative estimate of drug-likeness (QED) is 0.775. The van der Waals surface area contributed by atoms with E-state index in [1.54, 1.807) is 12.1 Å². The molecule has 1 aromatic carbocycles. The number of nitrogens with zero attached hydrogens (tertiary/aromatic N) is 1. The predicted octanol–water partition coefficient (Wildman–Crippen LogP) is 1.23. The van der Waals surface area contributed by atoms with Crippen LogP contribution in [-0.2, 0) is 9.59 Å². The van der Waals surface area contributed by atoms with Gasteiger partial charge in [-0.2, -0.15) is 0 Å². The van der Waals surface area contributed by atoms with Crippen LogP contribution in [-0.4, -0.2) is 29.3 Å². The minimum absolute atomic E-state index is 0.257. The number of likely N-dealkylation sites (tertiary alicyclic amines) is 1. The Morgan fingerprint density at radius 2 is 2.16 bits per heavy atom. The summed E-state index contributed by atoms with van der Waals surface area (Å²) in [7, 11) is 1.81. The van der Waals surface area contributed by atoms with Crippen LogP contribution in [0.5, 0.6) is 0 Å². The molecule has 0 aromatic heterocycles. The van der Waals surface area contributed by atoms with Gasteiger partial charge in [-0.3, -0.25) is 19.8 Å². The monoisotopic (exact) mass is 262 g/mol. The lowest BCUT2D eigenvalue weighted by atomic mass is 9.86. The van der Waals surface area contributed by atoms with Gasteiger partial charge >= 0.3 is 0 Å². The van der Waals surface area contributed by atoms with Gasteiger partial charge in [0.1, 0.15) is 5.82 Å². The summed E-state index contributed by atoms with van der Waals surface area (Å²) < 4.78 is 13.4. The van der Waals surface area contributed by atoms with Gasteiger partial charge in [-0.05, 0) is 38.1 Å². The fourth-order valence-electron chi connectivity index (χ4n) is 3.24. The van der Waals surface area contributed by atoms with E-state index in [9.17, 15) is 14.0 Å². The molecule has 2 bridgehead atoms. The number of likely N-dealkylation sites (N-methyl/N-ethyl adjacent to an activating group) is 1. The van der Waals surface area contributed by atoms with Crippen molar-refractivity contribution in [3.05, 3.63) is 35.6 Å². The number of nitrogens with one attached hydrogen (secondary N) is 1. The molecule has 1 aromatic rings. The molecule has 0 unspecified atom stereocenters. The Morgan fingerprint density at radius 1 is 1.42 bits per heavy atom. The van der Waals surface area contributed by atoms with Crippen LogP contribution in [0.3, 0.4) is 0 Å². The zero-order valence-corrected chi connectivity index (χ0v) is 10.8. The molecule has 0 radical (unpaired) electrons. The molecule has 3 rings (SSSR count). The number of halogens is 1. The summed E-state index contributed by atoms with van der Waals surface area (Å²) in [5.74, 6) is -1.17. The van der Waals surface area contributed by atoms with Crippen LogP contribution in [0, 0.1) is 11.7 Å². The van der Waals surface area contributed by atoms with Crippen LogP contribution in [0.2, 0.25) is 0 Å². The summed E-state index contributed by atoms with van der Waals surface area (Å²) in [6.07, 6.45) is 0.481. The third-order valence-corrected chi connectivity index (χ3v) is 4.45. The molecule has 1 N–H and O–H groups in total. The lowest BCUT2D eigenvalue weighted by molar-refractivity contribution is -0.139. The van der Waals surface area contributed by atoms with Crippen LogP contribution in [0.15, 0.2) is 24.3 Å². The van der Waals surface area contributed by atoms with Crippen LogP contribution < -0.4 is 5.32 Å². The molecule has 0 spiro atoms. The van der Waals surface area contributed by atoms with E-state index in [-0.39, 0.29) is 29.6 Å². The largest absolute Gasteiger partial charge is 0.295 e. The SMILES string of the molecule is CN1[C@@H](c2cccc(F)c2)[C@@H]2C[C@@]1(C)C(=O)NC2=O. The smallest absolute Gasteiger partial charge is 0.246 e. The Bertz CT molecular complexity index is 574. The van der Waals surface area contributed by atoms with Crippen molar-refractivity contribution in [1.29, 1.82) is 0 Å². The Labute approximate surface area is 110 Å². The number of hydrogen-bond donors (Lipinski definition) is 1. The highest BCUT2D eigenvalue weighted by Crippen LogP contribution is 2.47. The maximum Gasteiger partial charge on any atom is 0.246 e. The van der Waals surface area contributed by atoms with E-state index in [1.807, 2.05) is 18.9 Å². The zero-order chi connectivity index (χ0) is 13.8. The number of carbonyl (C=O) groups is 2. The number of rotatable bonds is 1. The highest BCUT2D eigenvalue weighted by atomic mass is 19.1. The normalized spacial score (nSPS) is 34.5. The maximum absolute atomic E-state index is 13.4. The number of fused-ring (bicyclic) bond motifs is 2. The van der Waals surface area contributed by atoms with E-state index in [0.717, 1.165) is 5.56 Å². The van der Waals surface area contributed by atoms with E-state index in [2.05, 4.69) is 5.32 Å². The fraction of sp³-hybridized carbons (Fsp3) is 0.429. The molecular weight excluding hydrogens is 247 g/mol. The van der Waals surface area contributed by atoms with E-state index < -0.39 is 5.54 Å². The average molecular weight is 262 g/mol. The van der Waals surface area contributed by atoms with Crippen molar-refractivity contribution >= 4 is 11.8 Å². The Morgan fingerprint density at radius 3 is 2.84 bits per heavy atom. The molecule has 19 heavy (non-hydrogen) atoms. The molecule has 2 aliphatic heterocycles. The first-order chi connectivity index (χ1) is 8.93. The molecule has 0 saturated carbocycles. The van der Waals surface area contributed by atoms with Crippen molar-refractivity contribution < 1.29 is 14.0 Å². The number of amides is 2. The van der Waals surface area contributed by atoms with Crippen molar-refractivity contribution in [1.82, 2.24) is 10.2 Å². The average Bonchev–Trinajstić information content (AvgIpc) is 2.59. The van der Waals surface area contributed by atoms with Gasteiger partial charge in [0.2, 0.25) is 11.8 Å². The maximum atomic E-state index is 13.4. The second-order valence-corrected chi connectivity index (χ2v) is 5.51. The lowest BCUT2D eigenvalue weighted by Crippen LogP contribution is -2.55. The van der Waals surface area contributed by atoms with Crippen molar-refractivity contribution in [2.45, 2.75) is 24.9 Å². The third kappa shape index (κ3) is 1.61. The van der Waals surface area contributed by atoms with E-state index >= 15 is 0 Å². The van der Waals surface area contributed by atoms with Crippen LogP contribution >= 0.6 is 0 Å². The number of piperidine rings is 1. The van der Waals surface area contributed by atoms with Gasteiger partial charge in [0.05, 0.1) is 11.5 Å². The van der Waals surface area contributed by atoms with Gasteiger partial charge in [-0.15, -0.1) is 0 Å². The van der Waals surface area contributed by atoms with E-state index in [1.165, 1.54) is 12.1 Å². The van der Waals surface area contributed by atoms with Gasteiger partial charge in [0.25, 0.3) is 0 Å². The first kappa shape index (κ1) is 12.3. The molecule has 0 aliphatic carbocycles. The van der Waals surface area contributed by atoms with E-state index in [0.29, 0.717) is 6.42 Å². The van der Waals surface area contributed by atoms with Gasteiger partial charge in [-0.1, -0.05) is 12.1 Å². The molecule has 2 amide bonds. The number of carbonyl (C=O) groups excluding carboxylic acids is 2. The molecule has 2 aliphatic rings. The van der Waals surface area contributed by atoms with Crippen molar-refractivity contribution in [3.8, 4) is 0 Å². The number of imide groups is 1. The first-order valence-corrected chi connectivity index (χ1v) is 6.27. The van der Waals surface area contributed by atoms with Crippen molar-refractivity contribution in [2.75, 3.05) is 7.05 Å². The van der Waals surface area contributed by atoms with Gasteiger partial charge in [0, 0.05) is 6.04 Å². The standard InChI is InChI=1S/C14H15FN2O2/c1-14-7-10(12(18)16-13(14)19)11(17(14)2)8-4-3-5-9(15)6-8/h3-6,10-11H,7H2,1-2H3,(H,16,18,19)/t10-,11-,14-/m0/s1. The lowest BCUT2D eigenvalue weighted by Gasteiger charge is -2.32. The van der Waals surface area contributed by atoms with Gasteiger partial charge in [0.15, 0.2) is 0 Å². The summed E-state index contributed by atoms with van der Waals surface area (Å²) >= 11 is 0. The van der Waals surface area contributed by atoms with Gasteiger partial charge < -0.3 is 0 Å². The molecule has 3 atom stereocenters. The second kappa shape index (κ2) is 3.87. The molecule has 4 nitrogen and oxygen atoms in total. The molecule has 2 heterocycles. The van der Waals surface area contributed by atoms with Crippen LogP contribution in [0.25, 0.3) is 0 Å². The summed E-state index contributed by atoms with van der Waals surface area (Å²) in [6, 6.07) is 5.97. The Balaban J connectivity index is 2.08. The third-order valence-electron chi connectivity index (χ3n) is 4.45. The first-order valence-electron chi connectivity index (χ1n) is 6.27. The highest BCUT2D eigenvalue weighted by molar-refractivity contribution is 6.05. The predicted molar refractivity (Wildman–Crippen MR) is 66.6 cm³/mol. The van der Waals surface area contributed by atoms with Crippen molar-refractivity contribution in [3.63, 3.8) is 0 Å². The Kier molecular flexibility index (Phi) is 2.50. The fourth-order valence-corrected chi connectivity index (χ4v) is 3.24. The summed E-state index contributed by atoms with van der Waals surface area (Å²) in [5, 5.41) is 2.41. The molecular formula is C14H15FN2O2. The van der Waals surface area contributed by atoms with Crippen molar-refractivity contribution in [2.24, 2.45) is 5.92 Å².